The fourth-order valence-electron chi connectivity index (χ4n) is 3.66. The molecule has 2 N–H and O–H groups in total. The smallest absolute Gasteiger partial charge is 0.227 e. The quantitative estimate of drug-likeness (QED) is 0.814. The minimum absolute atomic E-state index is 0.0717. The first kappa shape index (κ1) is 17.2. The van der Waals surface area contributed by atoms with Gasteiger partial charge in [0.05, 0.1) is 30.2 Å². The van der Waals surface area contributed by atoms with Gasteiger partial charge in [-0.25, -0.2) is 0 Å². The van der Waals surface area contributed by atoms with Crippen molar-refractivity contribution in [1.82, 2.24) is 19.8 Å². The first-order chi connectivity index (χ1) is 12.5. The number of rotatable bonds is 6. The van der Waals surface area contributed by atoms with E-state index in [9.17, 15) is 9.90 Å². The molecule has 2 aromatic rings. The minimum Gasteiger partial charge on any atom is -0.395 e. The van der Waals surface area contributed by atoms with Crippen LogP contribution in [0.3, 0.4) is 0 Å². The van der Waals surface area contributed by atoms with E-state index in [0.717, 1.165) is 48.5 Å². The molecule has 8 heteroatoms. The van der Waals surface area contributed by atoms with Crippen LogP contribution >= 0.6 is 0 Å². The number of hydrogen-bond acceptors (Lipinski definition) is 6. The lowest BCUT2D eigenvalue weighted by Gasteiger charge is -2.22. The number of nitrogens with zero attached hydrogens (tertiary/aromatic N) is 4. The van der Waals surface area contributed by atoms with Gasteiger partial charge in [-0.15, -0.1) is 0 Å². The van der Waals surface area contributed by atoms with Gasteiger partial charge < -0.3 is 14.9 Å². The van der Waals surface area contributed by atoms with Crippen molar-refractivity contribution >= 4 is 11.6 Å². The molecule has 26 heavy (non-hydrogen) atoms. The molecule has 2 aromatic heterocycles. The Morgan fingerprint density at radius 1 is 1.42 bits per heavy atom. The molecule has 2 aliphatic rings. The van der Waals surface area contributed by atoms with E-state index in [4.69, 9.17) is 4.52 Å². The van der Waals surface area contributed by atoms with Crippen LogP contribution < -0.4 is 5.32 Å². The van der Waals surface area contributed by atoms with Gasteiger partial charge in [-0.2, -0.15) is 5.10 Å². The summed E-state index contributed by atoms with van der Waals surface area (Å²) in [5, 5.41) is 21.2. The maximum absolute atomic E-state index is 11.9. The molecule has 1 amide bonds. The van der Waals surface area contributed by atoms with E-state index in [1.54, 1.807) is 6.20 Å². The van der Waals surface area contributed by atoms with Crippen LogP contribution in [0.15, 0.2) is 16.9 Å². The molecule has 2 fully saturated rings. The molecule has 140 valence electrons. The summed E-state index contributed by atoms with van der Waals surface area (Å²) in [4.78, 5) is 14.1. The molecular formula is C18H25N5O3. The van der Waals surface area contributed by atoms with Crippen molar-refractivity contribution in [3.05, 3.63) is 29.4 Å². The number of anilines is 1. The number of aryl methyl sites for hydroxylation is 2. The van der Waals surface area contributed by atoms with Crippen LogP contribution in [0, 0.1) is 19.8 Å². The van der Waals surface area contributed by atoms with Crippen molar-refractivity contribution in [2.45, 2.75) is 51.7 Å². The average Bonchev–Trinajstić information content (AvgIpc) is 3.13. The second-order valence-corrected chi connectivity index (χ2v) is 7.43. The van der Waals surface area contributed by atoms with Crippen molar-refractivity contribution in [2.24, 2.45) is 5.92 Å². The molecule has 1 aliphatic carbocycles. The van der Waals surface area contributed by atoms with Crippen LogP contribution in [-0.2, 0) is 11.3 Å². The van der Waals surface area contributed by atoms with Crippen LogP contribution in [0.4, 0.5) is 5.69 Å². The predicted octanol–water partition coefficient (Wildman–Crippen LogP) is 1.64. The molecule has 4 rings (SSSR count). The molecular weight excluding hydrogens is 334 g/mol. The number of aliphatic hydroxyl groups excluding tert-OH is 1. The van der Waals surface area contributed by atoms with Crippen molar-refractivity contribution in [2.75, 3.05) is 18.5 Å². The van der Waals surface area contributed by atoms with Crippen LogP contribution in [0.25, 0.3) is 0 Å². The standard InChI is InChI=1S/C18H25N5O3/c1-11-17(12(2)26-21-11)9-22-8-15(5-16(22)10-24)23-7-14(6-19-23)20-18(25)13-3-4-13/h6-7,13,15-16,24H,3-5,8-10H2,1-2H3,(H,20,25)/t15-,16-/m0/s1. The highest BCUT2D eigenvalue weighted by Gasteiger charge is 2.34. The van der Waals surface area contributed by atoms with E-state index in [0.29, 0.717) is 6.54 Å². The summed E-state index contributed by atoms with van der Waals surface area (Å²) in [5.74, 6) is 1.09. The first-order valence-corrected chi connectivity index (χ1v) is 9.16. The molecule has 0 bridgehead atoms. The second kappa shape index (κ2) is 6.85. The Hall–Kier alpha value is -2.19. The number of hydrogen-bond donors (Lipinski definition) is 2. The third kappa shape index (κ3) is 3.39. The molecule has 1 saturated heterocycles. The summed E-state index contributed by atoms with van der Waals surface area (Å²) >= 11 is 0. The van der Waals surface area contributed by atoms with Crippen LogP contribution in [0.5, 0.6) is 0 Å². The predicted molar refractivity (Wildman–Crippen MR) is 94.5 cm³/mol. The lowest BCUT2D eigenvalue weighted by Crippen LogP contribution is -2.32. The Labute approximate surface area is 152 Å². The summed E-state index contributed by atoms with van der Waals surface area (Å²) in [7, 11) is 0. The Morgan fingerprint density at radius 3 is 2.88 bits per heavy atom. The lowest BCUT2D eigenvalue weighted by atomic mass is 10.1. The Kier molecular flexibility index (Phi) is 4.54. The molecule has 0 radical (unpaired) electrons. The van der Waals surface area contributed by atoms with Crippen molar-refractivity contribution in [1.29, 1.82) is 0 Å². The molecule has 3 heterocycles. The van der Waals surface area contributed by atoms with E-state index in [1.165, 1.54) is 0 Å². The summed E-state index contributed by atoms with van der Waals surface area (Å²) in [6.07, 6.45) is 6.37. The molecule has 0 aromatic carbocycles. The number of likely N-dealkylation sites (tertiary alicyclic amines) is 1. The second-order valence-electron chi connectivity index (χ2n) is 7.43. The van der Waals surface area contributed by atoms with Crippen molar-refractivity contribution in [3.8, 4) is 0 Å². The largest absolute Gasteiger partial charge is 0.395 e. The SMILES string of the molecule is Cc1noc(C)c1CN1C[C@@H](n2cc(NC(=O)C3CC3)cn2)C[C@H]1CO. The third-order valence-electron chi connectivity index (χ3n) is 5.45. The molecule has 0 spiro atoms. The highest BCUT2D eigenvalue weighted by atomic mass is 16.5. The number of amides is 1. The van der Waals surface area contributed by atoms with Gasteiger partial charge in [0.2, 0.25) is 5.91 Å². The van der Waals surface area contributed by atoms with E-state index in [-0.39, 0.29) is 30.5 Å². The molecule has 1 aliphatic heterocycles. The molecule has 8 nitrogen and oxygen atoms in total. The summed E-state index contributed by atoms with van der Waals surface area (Å²) < 4.78 is 7.15. The van der Waals surface area contributed by atoms with Gasteiger partial charge in [-0.1, -0.05) is 5.16 Å². The first-order valence-electron chi connectivity index (χ1n) is 9.16. The monoisotopic (exact) mass is 359 g/mol. The maximum Gasteiger partial charge on any atom is 0.227 e. The van der Waals surface area contributed by atoms with E-state index in [1.807, 2.05) is 24.7 Å². The van der Waals surface area contributed by atoms with Gasteiger partial charge >= 0.3 is 0 Å². The Bertz CT molecular complexity index is 775. The fraction of sp³-hybridized carbons (Fsp3) is 0.611. The number of aliphatic hydroxyl groups is 1. The summed E-state index contributed by atoms with van der Waals surface area (Å²) in [5.41, 5.74) is 2.72. The zero-order valence-corrected chi connectivity index (χ0v) is 15.2. The molecule has 2 atom stereocenters. The molecule has 1 saturated carbocycles. The zero-order valence-electron chi connectivity index (χ0n) is 15.2. The third-order valence-corrected chi connectivity index (χ3v) is 5.45. The topological polar surface area (TPSA) is 96.4 Å². The minimum atomic E-state index is 0.0717. The van der Waals surface area contributed by atoms with E-state index >= 15 is 0 Å². The number of carbonyl (C=O) groups excluding carboxylic acids is 1. The molecule has 0 unspecified atom stereocenters. The lowest BCUT2D eigenvalue weighted by molar-refractivity contribution is -0.117. The Balaban J connectivity index is 1.43. The van der Waals surface area contributed by atoms with Crippen LogP contribution in [0.1, 0.15) is 42.3 Å². The van der Waals surface area contributed by atoms with Crippen LogP contribution in [-0.4, -0.2) is 50.0 Å². The summed E-state index contributed by atoms with van der Waals surface area (Å²) in [6, 6.07) is 0.238. The average molecular weight is 359 g/mol. The maximum atomic E-state index is 11.9. The number of nitrogens with one attached hydrogen (secondary N) is 1. The Morgan fingerprint density at radius 2 is 2.23 bits per heavy atom. The van der Waals surface area contributed by atoms with E-state index < -0.39 is 0 Å². The highest BCUT2D eigenvalue weighted by Crippen LogP contribution is 2.32. The van der Waals surface area contributed by atoms with E-state index in [2.05, 4.69) is 20.5 Å². The van der Waals surface area contributed by atoms with Crippen molar-refractivity contribution < 1.29 is 14.4 Å². The van der Waals surface area contributed by atoms with Gasteiger partial charge in [-0.05, 0) is 33.1 Å². The van der Waals surface area contributed by atoms with Gasteiger partial charge in [0.1, 0.15) is 5.76 Å². The normalized spacial score (nSPS) is 23.5. The highest BCUT2D eigenvalue weighted by molar-refractivity contribution is 5.93. The van der Waals surface area contributed by atoms with Crippen molar-refractivity contribution in [3.63, 3.8) is 0 Å². The number of carbonyl (C=O) groups is 1. The van der Waals surface area contributed by atoms with Crippen LogP contribution in [0.2, 0.25) is 0 Å². The number of aromatic nitrogens is 3. The van der Waals surface area contributed by atoms with Gasteiger partial charge in [0.15, 0.2) is 0 Å². The zero-order chi connectivity index (χ0) is 18.3. The van der Waals surface area contributed by atoms with Gasteiger partial charge in [0.25, 0.3) is 0 Å². The summed E-state index contributed by atoms with van der Waals surface area (Å²) in [6.45, 7) is 5.45. The van der Waals surface area contributed by atoms with Gasteiger partial charge in [0, 0.05) is 36.8 Å². The van der Waals surface area contributed by atoms with Gasteiger partial charge in [-0.3, -0.25) is 14.4 Å². The fourth-order valence-corrected chi connectivity index (χ4v) is 3.66.